The molecule has 1 saturated carbocycles. The molecule has 2 fully saturated rings. The van der Waals surface area contributed by atoms with Crippen LogP contribution in [-0.4, -0.2) is 13.1 Å². The van der Waals surface area contributed by atoms with Gasteiger partial charge in [0.05, 0.1) is 0 Å². The molecule has 0 amide bonds. The Labute approximate surface area is 105 Å². The van der Waals surface area contributed by atoms with Crippen molar-refractivity contribution in [2.24, 2.45) is 11.3 Å². The van der Waals surface area contributed by atoms with Gasteiger partial charge in [-0.25, -0.2) is 0 Å². The standard InChI is InChI=1S/C16H23N/c1-12-4-3-5-13(10-12)15-11-17-9-8-16(15,2)14-6-7-14/h3-5,10,14-15,17H,6-9,11H2,1-2H3. The summed E-state index contributed by atoms with van der Waals surface area (Å²) in [6, 6.07) is 9.13. The van der Waals surface area contributed by atoms with Crippen LogP contribution in [0.15, 0.2) is 24.3 Å². The molecule has 3 rings (SSSR count). The summed E-state index contributed by atoms with van der Waals surface area (Å²) < 4.78 is 0. The van der Waals surface area contributed by atoms with E-state index in [2.05, 4.69) is 43.4 Å². The van der Waals surface area contributed by atoms with Gasteiger partial charge in [0.15, 0.2) is 0 Å². The molecule has 1 aliphatic heterocycles. The molecule has 2 unspecified atom stereocenters. The van der Waals surface area contributed by atoms with Crippen LogP contribution >= 0.6 is 0 Å². The first-order valence-electron chi connectivity index (χ1n) is 6.97. The van der Waals surface area contributed by atoms with Crippen molar-refractivity contribution in [1.29, 1.82) is 0 Å². The van der Waals surface area contributed by atoms with E-state index in [0.29, 0.717) is 11.3 Å². The monoisotopic (exact) mass is 229 g/mol. The first kappa shape index (κ1) is 11.3. The number of hydrogen-bond acceptors (Lipinski definition) is 1. The van der Waals surface area contributed by atoms with E-state index >= 15 is 0 Å². The topological polar surface area (TPSA) is 12.0 Å². The molecule has 2 atom stereocenters. The van der Waals surface area contributed by atoms with Crippen LogP contribution in [0.1, 0.15) is 43.2 Å². The summed E-state index contributed by atoms with van der Waals surface area (Å²) in [6.07, 6.45) is 4.26. The summed E-state index contributed by atoms with van der Waals surface area (Å²) in [6.45, 7) is 7.10. The third-order valence-corrected chi connectivity index (χ3v) is 4.94. The van der Waals surface area contributed by atoms with E-state index < -0.39 is 0 Å². The highest BCUT2D eigenvalue weighted by Crippen LogP contribution is 2.55. The number of nitrogens with one attached hydrogen (secondary N) is 1. The van der Waals surface area contributed by atoms with Crippen molar-refractivity contribution in [3.8, 4) is 0 Å². The Bertz CT molecular complexity index is 408. The molecule has 0 aromatic heterocycles. The number of hydrogen-bond donors (Lipinski definition) is 1. The minimum Gasteiger partial charge on any atom is -0.316 e. The van der Waals surface area contributed by atoms with E-state index in [4.69, 9.17) is 0 Å². The van der Waals surface area contributed by atoms with Crippen LogP contribution in [0.25, 0.3) is 0 Å². The van der Waals surface area contributed by atoms with Gasteiger partial charge in [-0.3, -0.25) is 0 Å². The van der Waals surface area contributed by atoms with E-state index in [9.17, 15) is 0 Å². The van der Waals surface area contributed by atoms with Crippen LogP contribution < -0.4 is 5.32 Å². The molecule has 2 aliphatic rings. The van der Waals surface area contributed by atoms with Gasteiger partial charge in [-0.05, 0) is 49.6 Å². The summed E-state index contributed by atoms with van der Waals surface area (Å²) in [5, 5.41) is 3.59. The van der Waals surface area contributed by atoms with Gasteiger partial charge >= 0.3 is 0 Å². The average molecular weight is 229 g/mol. The van der Waals surface area contributed by atoms with Gasteiger partial charge in [0, 0.05) is 12.5 Å². The molecule has 92 valence electrons. The van der Waals surface area contributed by atoms with Gasteiger partial charge in [0.25, 0.3) is 0 Å². The van der Waals surface area contributed by atoms with E-state index in [0.717, 1.165) is 12.5 Å². The summed E-state index contributed by atoms with van der Waals surface area (Å²) >= 11 is 0. The molecule has 0 spiro atoms. The van der Waals surface area contributed by atoms with Gasteiger partial charge in [-0.2, -0.15) is 0 Å². The maximum absolute atomic E-state index is 3.59. The van der Waals surface area contributed by atoms with Crippen molar-refractivity contribution in [3.05, 3.63) is 35.4 Å². The third kappa shape index (κ3) is 2.01. The summed E-state index contributed by atoms with van der Waals surface area (Å²) in [4.78, 5) is 0. The van der Waals surface area contributed by atoms with E-state index in [-0.39, 0.29) is 0 Å². The minimum absolute atomic E-state index is 0.541. The Morgan fingerprint density at radius 1 is 1.29 bits per heavy atom. The number of rotatable bonds is 2. The van der Waals surface area contributed by atoms with Crippen molar-refractivity contribution >= 4 is 0 Å². The molecule has 17 heavy (non-hydrogen) atoms. The quantitative estimate of drug-likeness (QED) is 0.818. The first-order chi connectivity index (χ1) is 8.20. The normalized spacial score (nSPS) is 33.6. The van der Waals surface area contributed by atoms with E-state index in [1.807, 2.05) is 0 Å². The number of aryl methyl sites for hydroxylation is 1. The molecule has 1 aliphatic carbocycles. The van der Waals surface area contributed by atoms with Crippen molar-refractivity contribution in [2.75, 3.05) is 13.1 Å². The smallest absolute Gasteiger partial charge is 0.00255 e. The van der Waals surface area contributed by atoms with Gasteiger partial charge in [0.2, 0.25) is 0 Å². The summed E-state index contributed by atoms with van der Waals surface area (Å²) in [7, 11) is 0. The third-order valence-electron chi connectivity index (χ3n) is 4.94. The second kappa shape index (κ2) is 4.13. The Morgan fingerprint density at radius 2 is 2.12 bits per heavy atom. The highest BCUT2D eigenvalue weighted by atomic mass is 14.9. The van der Waals surface area contributed by atoms with E-state index in [1.54, 1.807) is 5.56 Å². The zero-order valence-electron chi connectivity index (χ0n) is 11.0. The Morgan fingerprint density at radius 3 is 2.82 bits per heavy atom. The fourth-order valence-corrected chi connectivity index (χ4v) is 3.63. The van der Waals surface area contributed by atoms with Crippen LogP contribution in [0, 0.1) is 18.3 Å². The summed E-state index contributed by atoms with van der Waals surface area (Å²) in [5.41, 5.74) is 3.48. The lowest BCUT2D eigenvalue weighted by molar-refractivity contribution is 0.154. The molecule has 1 heterocycles. The van der Waals surface area contributed by atoms with Crippen molar-refractivity contribution < 1.29 is 0 Å². The van der Waals surface area contributed by atoms with Crippen molar-refractivity contribution in [1.82, 2.24) is 5.32 Å². The molecular weight excluding hydrogens is 206 g/mol. The van der Waals surface area contributed by atoms with Gasteiger partial charge in [-0.15, -0.1) is 0 Å². The molecule has 1 saturated heterocycles. The Hall–Kier alpha value is -0.820. The largest absolute Gasteiger partial charge is 0.316 e. The fourth-order valence-electron chi connectivity index (χ4n) is 3.63. The predicted octanol–water partition coefficient (Wildman–Crippen LogP) is 3.49. The van der Waals surface area contributed by atoms with Gasteiger partial charge < -0.3 is 5.32 Å². The van der Waals surface area contributed by atoms with Crippen LogP contribution in [-0.2, 0) is 0 Å². The molecule has 1 aromatic carbocycles. The van der Waals surface area contributed by atoms with Crippen LogP contribution in [0.2, 0.25) is 0 Å². The second-order valence-corrected chi connectivity index (χ2v) is 6.20. The lowest BCUT2D eigenvalue weighted by atomic mass is 9.66. The highest BCUT2D eigenvalue weighted by Gasteiger charge is 2.47. The van der Waals surface area contributed by atoms with Gasteiger partial charge in [-0.1, -0.05) is 36.8 Å². The van der Waals surface area contributed by atoms with Crippen molar-refractivity contribution in [3.63, 3.8) is 0 Å². The maximum atomic E-state index is 3.59. The van der Waals surface area contributed by atoms with Crippen LogP contribution in [0.3, 0.4) is 0 Å². The SMILES string of the molecule is Cc1cccc(C2CNCCC2(C)C2CC2)c1. The molecular formula is C16H23N. The molecule has 1 N–H and O–H groups in total. The molecule has 0 bridgehead atoms. The van der Waals surface area contributed by atoms with Crippen molar-refractivity contribution in [2.45, 2.75) is 39.0 Å². The molecule has 1 aromatic rings. The number of benzene rings is 1. The highest BCUT2D eigenvalue weighted by molar-refractivity contribution is 5.29. The van der Waals surface area contributed by atoms with Crippen LogP contribution in [0.4, 0.5) is 0 Å². The van der Waals surface area contributed by atoms with Gasteiger partial charge in [0.1, 0.15) is 0 Å². The minimum atomic E-state index is 0.541. The zero-order chi connectivity index (χ0) is 11.9. The predicted molar refractivity (Wildman–Crippen MR) is 72.2 cm³/mol. The zero-order valence-corrected chi connectivity index (χ0v) is 11.0. The van der Waals surface area contributed by atoms with E-state index in [1.165, 1.54) is 31.4 Å². The first-order valence-corrected chi connectivity index (χ1v) is 6.97. The average Bonchev–Trinajstić information content (AvgIpc) is 3.13. The second-order valence-electron chi connectivity index (χ2n) is 6.20. The maximum Gasteiger partial charge on any atom is 0.00255 e. The number of piperidine rings is 1. The fraction of sp³-hybridized carbons (Fsp3) is 0.625. The molecule has 0 radical (unpaired) electrons. The molecule has 1 nitrogen and oxygen atoms in total. The lowest BCUT2D eigenvalue weighted by Crippen LogP contribution is -2.43. The lowest BCUT2D eigenvalue weighted by Gasteiger charge is -2.43. The Kier molecular flexibility index (Phi) is 2.74. The Balaban J connectivity index is 1.93. The molecule has 1 heteroatoms. The van der Waals surface area contributed by atoms with Crippen LogP contribution in [0.5, 0.6) is 0 Å². The summed E-state index contributed by atoms with van der Waals surface area (Å²) in [5.74, 6) is 1.69.